The highest BCUT2D eigenvalue weighted by Crippen LogP contribution is 2.52. The highest BCUT2D eigenvalue weighted by Gasteiger charge is 2.67. The molecule has 0 radical (unpaired) electrons. The van der Waals surface area contributed by atoms with Crippen LogP contribution >= 0.6 is 0 Å². The standard InChI is InChI=1S/C15H21NO4/c1-3-5-8-16-9-15-7-6-10(20-15)11(12(15)13(16)17)14(18)19-4-2/h6-7,10-12H,3-5,8-9H2,1-2H3/t10-,11-,12+,15-/m0/s1. The van der Waals surface area contributed by atoms with Gasteiger partial charge in [0.05, 0.1) is 25.2 Å². The molecule has 0 N–H and O–H groups in total. The smallest absolute Gasteiger partial charge is 0.312 e. The molecule has 4 atom stereocenters. The third-order valence-electron chi connectivity index (χ3n) is 4.52. The molecule has 0 aromatic carbocycles. The van der Waals surface area contributed by atoms with Crippen molar-refractivity contribution in [1.82, 2.24) is 4.90 Å². The van der Waals surface area contributed by atoms with Gasteiger partial charge in [-0.1, -0.05) is 25.5 Å². The molecule has 110 valence electrons. The van der Waals surface area contributed by atoms with Crippen molar-refractivity contribution in [2.24, 2.45) is 11.8 Å². The first-order chi connectivity index (χ1) is 9.63. The number of ether oxygens (including phenoxy) is 2. The number of hydrogen-bond donors (Lipinski definition) is 0. The second-order valence-electron chi connectivity index (χ2n) is 5.77. The molecule has 3 aliphatic rings. The van der Waals surface area contributed by atoms with E-state index in [1.807, 2.05) is 17.1 Å². The molecule has 3 rings (SSSR count). The Labute approximate surface area is 118 Å². The number of carbonyl (C=O) groups excluding carboxylic acids is 2. The Morgan fingerprint density at radius 3 is 3.05 bits per heavy atom. The number of nitrogens with zero attached hydrogens (tertiary/aromatic N) is 1. The lowest BCUT2D eigenvalue weighted by Crippen LogP contribution is -2.40. The molecule has 1 spiro atoms. The molecular formula is C15H21NO4. The molecule has 0 aromatic rings. The number of carbonyl (C=O) groups is 2. The van der Waals surface area contributed by atoms with E-state index < -0.39 is 17.4 Å². The Kier molecular flexibility index (Phi) is 3.32. The fourth-order valence-electron chi connectivity index (χ4n) is 3.62. The fraction of sp³-hybridized carbons (Fsp3) is 0.733. The van der Waals surface area contributed by atoms with E-state index in [9.17, 15) is 9.59 Å². The zero-order chi connectivity index (χ0) is 14.3. The molecule has 0 aliphatic carbocycles. The summed E-state index contributed by atoms with van der Waals surface area (Å²) in [4.78, 5) is 26.6. The quantitative estimate of drug-likeness (QED) is 0.559. The summed E-state index contributed by atoms with van der Waals surface area (Å²) < 4.78 is 11.1. The van der Waals surface area contributed by atoms with E-state index in [1.165, 1.54) is 0 Å². The van der Waals surface area contributed by atoms with Gasteiger partial charge in [0, 0.05) is 6.54 Å². The van der Waals surface area contributed by atoms with Crippen molar-refractivity contribution in [3.63, 3.8) is 0 Å². The molecule has 5 nitrogen and oxygen atoms in total. The molecule has 0 unspecified atom stereocenters. The van der Waals surface area contributed by atoms with Crippen molar-refractivity contribution in [2.45, 2.75) is 38.4 Å². The zero-order valence-electron chi connectivity index (χ0n) is 12.0. The van der Waals surface area contributed by atoms with Gasteiger partial charge in [0.15, 0.2) is 0 Å². The van der Waals surface area contributed by atoms with Gasteiger partial charge in [-0.05, 0) is 13.3 Å². The average molecular weight is 279 g/mol. The minimum atomic E-state index is -0.590. The van der Waals surface area contributed by atoms with E-state index in [4.69, 9.17) is 9.47 Å². The van der Waals surface area contributed by atoms with Crippen LogP contribution < -0.4 is 0 Å². The summed E-state index contributed by atoms with van der Waals surface area (Å²) in [5.41, 5.74) is -0.590. The van der Waals surface area contributed by atoms with Crippen molar-refractivity contribution in [1.29, 1.82) is 0 Å². The van der Waals surface area contributed by atoms with Crippen LogP contribution in [0.5, 0.6) is 0 Å². The first-order valence-corrected chi connectivity index (χ1v) is 7.45. The topological polar surface area (TPSA) is 55.8 Å². The molecule has 3 heterocycles. The molecule has 0 saturated carbocycles. The second-order valence-corrected chi connectivity index (χ2v) is 5.77. The van der Waals surface area contributed by atoms with E-state index >= 15 is 0 Å². The third kappa shape index (κ3) is 1.79. The minimum Gasteiger partial charge on any atom is -0.466 e. The third-order valence-corrected chi connectivity index (χ3v) is 4.52. The maximum Gasteiger partial charge on any atom is 0.312 e. The summed E-state index contributed by atoms with van der Waals surface area (Å²) in [7, 11) is 0. The molecule has 2 fully saturated rings. The maximum atomic E-state index is 12.6. The summed E-state index contributed by atoms with van der Waals surface area (Å²) in [6, 6.07) is 0. The van der Waals surface area contributed by atoms with Crippen molar-refractivity contribution in [2.75, 3.05) is 19.7 Å². The average Bonchev–Trinajstić information content (AvgIpc) is 3.05. The van der Waals surface area contributed by atoms with E-state index in [2.05, 4.69) is 6.92 Å². The van der Waals surface area contributed by atoms with Crippen molar-refractivity contribution >= 4 is 11.9 Å². The van der Waals surface area contributed by atoms with Gasteiger partial charge in [-0.15, -0.1) is 0 Å². The van der Waals surface area contributed by atoms with Crippen LogP contribution in [-0.4, -0.2) is 48.2 Å². The maximum absolute atomic E-state index is 12.6. The fourth-order valence-corrected chi connectivity index (χ4v) is 3.62. The van der Waals surface area contributed by atoms with E-state index in [0.717, 1.165) is 19.4 Å². The highest BCUT2D eigenvalue weighted by atomic mass is 16.6. The van der Waals surface area contributed by atoms with E-state index in [-0.39, 0.29) is 18.0 Å². The van der Waals surface area contributed by atoms with Gasteiger partial charge >= 0.3 is 5.97 Å². The summed E-state index contributed by atoms with van der Waals surface area (Å²) in [5, 5.41) is 0. The summed E-state index contributed by atoms with van der Waals surface area (Å²) in [6.07, 6.45) is 5.61. The Balaban J connectivity index is 1.83. The Hall–Kier alpha value is -1.36. The molecule has 1 amide bonds. The van der Waals surface area contributed by atoms with Crippen LogP contribution in [0, 0.1) is 11.8 Å². The number of amides is 1. The molecule has 5 heteroatoms. The Morgan fingerprint density at radius 2 is 2.35 bits per heavy atom. The highest BCUT2D eigenvalue weighted by molar-refractivity contribution is 5.91. The summed E-state index contributed by atoms with van der Waals surface area (Å²) in [6.45, 7) is 5.52. The van der Waals surface area contributed by atoms with Crippen LogP contribution in [0.15, 0.2) is 12.2 Å². The molecular weight excluding hydrogens is 258 g/mol. The normalized spacial score (nSPS) is 37.6. The van der Waals surface area contributed by atoms with Crippen LogP contribution in [0.3, 0.4) is 0 Å². The second kappa shape index (κ2) is 4.88. The molecule has 3 aliphatic heterocycles. The largest absolute Gasteiger partial charge is 0.466 e. The number of unbranched alkanes of at least 4 members (excludes halogenated alkanes) is 1. The lowest BCUT2D eigenvalue weighted by Gasteiger charge is -2.22. The predicted molar refractivity (Wildman–Crippen MR) is 71.8 cm³/mol. The van der Waals surface area contributed by atoms with Gasteiger partial charge in [-0.2, -0.15) is 0 Å². The summed E-state index contributed by atoms with van der Waals surface area (Å²) in [5.74, 6) is -1.13. The van der Waals surface area contributed by atoms with Crippen molar-refractivity contribution in [3.05, 3.63) is 12.2 Å². The minimum absolute atomic E-state index is 0.0448. The van der Waals surface area contributed by atoms with Crippen LogP contribution in [0.2, 0.25) is 0 Å². The van der Waals surface area contributed by atoms with Crippen LogP contribution in [0.25, 0.3) is 0 Å². The Morgan fingerprint density at radius 1 is 1.55 bits per heavy atom. The Bertz CT molecular complexity index is 461. The first-order valence-electron chi connectivity index (χ1n) is 7.45. The van der Waals surface area contributed by atoms with Crippen molar-refractivity contribution in [3.8, 4) is 0 Å². The van der Waals surface area contributed by atoms with Crippen molar-refractivity contribution < 1.29 is 19.1 Å². The number of rotatable bonds is 5. The van der Waals surface area contributed by atoms with Gasteiger partial charge in [0.2, 0.25) is 5.91 Å². The lowest BCUT2D eigenvalue weighted by atomic mass is 9.77. The molecule has 2 bridgehead atoms. The van der Waals surface area contributed by atoms with Gasteiger partial charge in [0.25, 0.3) is 0 Å². The van der Waals surface area contributed by atoms with Gasteiger partial charge < -0.3 is 14.4 Å². The molecule has 0 aromatic heterocycles. The van der Waals surface area contributed by atoms with E-state index in [1.54, 1.807) is 6.92 Å². The van der Waals surface area contributed by atoms with Gasteiger partial charge in [0.1, 0.15) is 11.5 Å². The number of esters is 1. The van der Waals surface area contributed by atoms with Crippen LogP contribution in [0.4, 0.5) is 0 Å². The van der Waals surface area contributed by atoms with Gasteiger partial charge in [-0.3, -0.25) is 9.59 Å². The SMILES string of the molecule is CCCCN1C[C@]23C=C[C@H](O2)[C@H](C(=O)OCC)[C@@H]3C1=O. The number of hydrogen-bond acceptors (Lipinski definition) is 4. The number of fused-ring (bicyclic) bond motifs is 1. The summed E-state index contributed by atoms with van der Waals surface area (Å²) >= 11 is 0. The van der Waals surface area contributed by atoms with E-state index in [0.29, 0.717) is 13.2 Å². The molecule has 2 saturated heterocycles. The zero-order valence-corrected chi connectivity index (χ0v) is 12.0. The van der Waals surface area contributed by atoms with Gasteiger partial charge in [-0.25, -0.2) is 0 Å². The van der Waals surface area contributed by atoms with Crippen LogP contribution in [-0.2, 0) is 19.1 Å². The predicted octanol–water partition coefficient (Wildman–Crippen LogP) is 1.13. The monoisotopic (exact) mass is 279 g/mol. The van der Waals surface area contributed by atoms with Crippen LogP contribution in [0.1, 0.15) is 26.7 Å². The molecule has 20 heavy (non-hydrogen) atoms. The number of likely N-dealkylation sites (tertiary alicyclic amines) is 1. The first kappa shape index (κ1) is 13.6. The lowest BCUT2D eigenvalue weighted by molar-refractivity contribution is -0.153.